The summed E-state index contributed by atoms with van der Waals surface area (Å²) in [7, 11) is 0. The number of rotatable bonds is 4. The zero-order valence-corrected chi connectivity index (χ0v) is 16.5. The Morgan fingerprint density at radius 3 is 2.50 bits per heavy atom. The molecule has 1 heterocycles. The molecule has 3 rings (SSSR count). The van der Waals surface area contributed by atoms with Crippen LogP contribution in [0.2, 0.25) is 0 Å². The highest BCUT2D eigenvalue weighted by Gasteiger charge is 2.29. The van der Waals surface area contributed by atoms with Crippen molar-refractivity contribution in [1.29, 1.82) is 0 Å². The minimum atomic E-state index is -0.402. The van der Waals surface area contributed by atoms with Gasteiger partial charge in [0, 0.05) is 21.1 Å². The van der Waals surface area contributed by atoms with Gasteiger partial charge in [0.05, 0.1) is 0 Å². The Bertz CT molecular complexity index is 901. The van der Waals surface area contributed by atoms with Gasteiger partial charge in [-0.05, 0) is 39.0 Å². The van der Waals surface area contributed by atoms with E-state index in [4.69, 9.17) is 4.52 Å². The first kappa shape index (κ1) is 18.3. The number of hydrogen-bond acceptors (Lipinski definition) is 4. The number of nitrogens with zero attached hydrogens (tertiary/aromatic N) is 3. The van der Waals surface area contributed by atoms with Crippen LogP contribution in [0.5, 0.6) is 0 Å². The molecule has 26 heavy (non-hydrogen) atoms. The maximum atomic E-state index is 13.0. The fourth-order valence-corrected chi connectivity index (χ4v) is 2.95. The highest BCUT2D eigenvalue weighted by Crippen LogP contribution is 2.23. The molecule has 0 fully saturated rings. The number of benzene rings is 2. The average molecular weight is 414 g/mol. The third-order valence-corrected chi connectivity index (χ3v) is 4.41. The van der Waals surface area contributed by atoms with Gasteiger partial charge in [-0.2, -0.15) is 4.98 Å². The van der Waals surface area contributed by atoms with Crippen LogP contribution in [-0.2, 0) is 6.54 Å². The van der Waals surface area contributed by atoms with E-state index in [9.17, 15) is 4.79 Å². The molecule has 3 aromatic rings. The van der Waals surface area contributed by atoms with E-state index in [1.807, 2.05) is 69.3 Å². The minimum absolute atomic E-state index is 0.0849. The first-order valence-electron chi connectivity index (χ1n) is 8.30. The van der Waals surface area contributed by atoms with Crippen molar-refractivity contribution in [1.82, 2.24) is 15.0 Å². The summed E-state index contributed by atoms with van der Waals surface area (Å²) in [5.74, 6) is 0.838. The van der Waals surface area contributed by atoms with Gasteiger partial charge in [-0.25, -0.2) is 0 Å². The van der Waals surface area contributed by atoms with Gasteiger partial charge in [0.1, 0.15) is 6.54 Å². The lowest BCUT2D eigenvalue weighted by Gasteiger charge is -2.34. The van der Waals surface area contributed by atoms with E-state index < -0.39 is 5.54 Å². The molecule has 0 bridgehead atoms. The second-order valence-electron chi connectivity index (χ2n) is 6.95. The molecule has 0 N–H and O–H groups in total. The predicted octanol–water partition coefficient (Wildman–Crippen LogP) is 4.94. The zero-order chi connectivity index (χ0) is 18.7. The van der Waals surface area contributed by atoms with Gasteiger partial charge in [-0.3, -0.25) is 4.79 Å². The number of aromatic nitrogens is 2. The molecule has 134 valence electrons. The Balaban J connectivity index is 1.86. The van der Waals surface area contributed by atoms with E-state index in [2.05, 4.69) is 26.1 Å². The van der Waals surface area contributed by atoms with E-state index in [0.717, 1.165) is 10.0 Å². The number of carbonyl (C=O) groups excluding carboxylic acids is 1. The van der Waals surface area contributed by atoms with Crippen molar-refractivity contribution < 1.29 is 9.32 Å². The summed E-state index contributed by atoms with van der Waals surface area (Å²) >= 11 is 3.41. The smallest absolute Gasteiger partial charge is 0.254 e. The van der Waals surface area contributed by atoms with Crippen molar-refractivity contribution in [3.05, 3.63) is 70.5 Å². The van der Waals surface area contributed by atoms with E-state index in [0.29, 0.717) is 17.3 Å². The molecule has 2 aromatic carbocycles. The van der Waals surface area contributed by atoms with Crippen molar-refractivity contribution >= 4 is 21.8 Å². The van der Waals surface area contributed by atoms with Crippen molar-refractivity contribution in [3.8, 4) is 11.4 Å². The summed E-state index contributed by atoms with van der Waals surface area (Å²) < 4.78 is 6.25. The Labute approximate surface area is 161 Å². The molecule has 0 saturated heterocycles. The molecule has 0 spiro atoms. The van der Waals surface area contributed by atoms with Crippen molar-refractivity contribution in [2.75, 3.05) is 0 Å². The molecule has 0 saturated carbocycles. The van der Waals surface area contributed by atoms with Gasteiger partial charge in [0.15, 0.2) is 0 Å². The second kappa shape index (κ2) is 7.41. The summed E-state index contributed by atoms with van der Waals surface area (Å²) in [6.07, 6.45) is 0. The van der Waals surface area contributed by atoms with E-state index >= 15 is 0 Å². The first-order valence-corrected chi connectivity index (χ1v) is 9.09. The van der Waals surface area contributed by atoms with Gasteiger partial charge < -0.3 is 9.42 Å². The summed E-state index contributed by atoms with van der Waals surface area (Å²) in [6, 6.07) is 17.0. The lowest BCUT2D eigenvalue weighted by atomic mass is 10.0. The third kappa shape index (κ3) is 4.19. The first-order chi connectivity index (χ1) is 12.3. The topological polar surface area (TPSA) is 59.2 Å². The van der Waals surface area contributed by atoms with Crippen LogP contribution in [0.15, 0.2) is 63.6 Å². The lowest BCUT2D eigenvalue weighted by molar-refractivity contribution is 0.0526. The average Bonchev–Trinajstić information content (AvgIpc) is 3.08. The molecule has 0 aliphatic heterocycles. The van der Waals surface area contributed by atoms with Gasteiger partial charge in [0.2, 0.25) is 11.7 Å². The van der Waals surface area contributed by atoms with E-state index in [-0.39, 0.29) is 12.5 Å². The van der Waals surface area contributed by atoms with Crippen molar-refractivity contribution in [3.63, 3.8) is 0 Å². The fraction of sp³-hybridized carbons (Fsp3) is 0.250. The Kier molecular flexibility index (Phi) is 5.23. The molecular weight excluding hydrogens is 394 g/mol. The van der Waals surface area contributed by atoms with Crippen LogP contribution in [0.4, 0.5) is 0 Å². The highest BCUT2D eigenvalue weighted by atomic mass is 79.9. The molecule has 0 unspecified atom stereocenters. The van der Waals surface area contributed by atoms with E-state index in [1.165, 1.54) is 0 Å². The fourth-order valence-electron chi connectivity index (χ4n) is 2.55. The van der Waals surface area contributed by atoms with Gasteiger partial charge in [0.25, 0.3) is 5.91 Å². The normalized spacial score (nSPS) is 11.4. The quantitative estimate of drug-likeness (QED) is 0.607. The van der Waals surface area contributed by atoms with Crippen LogP contribution < -0.4 is 0 Å². The number of halogens is 1. The predicted molar refractivity (Wildman–Crippen MR) is 104 cm³/mol. The summed E-state index contributed by atoms with van der Waals surface area (Å²) in [5, 5.41) is 4.04. The summed E-state index contributed by atoms with van der Waals surface area (Å²) in [5.41, 5.74) is 1.08. The molecule has 0 radical (unpaired) electrons. The van der Waals surface area contributed by atoms with Crippen LogP contribution in [0, 0.1) is 0 Å². The monoisotopic (exact) mass is 413 g/mol. The van der Waals surface area contributed by atoms with Crippen molar-refractivity contribution in [2.45, 2.75) is 32.9 Å². The molecule has 0 aliphatic carbocycles. The van der Waals surface area contributed by atoms with E-state index in [1.54, 1.807) is 11.0 Å². The van der Waals surface area contributed by atoms with Crippen LogP contribution in [0.1, 0.15) is 37.0 Å². The van der Waals surface area contributed by atoms with Crippen LogP contribution in [0.3, 0.4) is 0 Å². The minimum Gasteiger partial charge on any atom is -0.337 e. The number of hydrogen-bond donors (Lipinski definition) is 0. The molecule has 1 amide bonds. The Hall–Kier alpha value is -2.47. The Morgan fingerprint density at radius 2 is 1.85 bits per heavy atom. The summed E-state index contributed by atoms with van der Waals surface area (Å²) in [6.45, 7) is 6.20. The molecular formula is C20H20BrN3O2. The van der Waals surface area contributed by atoms with Crippen molar-refractivity contribution in [2.24, 2.45) is 0 Å². The maximum Gasteiger partial charge on any atom is 0.254 e. The van der Waals surface area contributed by atoms with Crippen LogP contribution in [-0.4, -0.2) is 26.5 Å². The second-order valence-corrected chi connectivity index (χ2v) is 7.87. The number of amides is 1. The standard InChI is InChI=1S/C20H20BrN3O2/c1-20(2,3)24(19(25)15-10-7-11-16(21)12-15)13-17-22-18(23-26-17)14-8-5-4-6-9-14/h4-12H,13H2,1-3H3. The third-order valence-electron chi connectivity index (χ3n) is 3.92. The van der Waals surface area contributed by atoms with Gasteiger partial charge in [-0.15, -0.1) is 0 Å². The molecule has 0 atom stereocenters. The molecule has 5 nitrogen and oxygen atoms in total. The molecule has 6 heteroatoms. The van der Waals surface area contributed by atoms with Gasteiger partial charge >= 0.3 is 0 Å². The Morgan fingerprint density at radius 1 is 1.12 bits per heavy atom. The molecule has 1 aromatic heterocycles. The SMILES string of the molecule is CC(C)(C)N(Cc1nc(-c2ccccc2)no1)C(=O)c1cccc(Br)c1. The maximum absolute atomic E-state index is 13.0. The lowest BCUT2D eigenvalue weighted by Crippen LogP contribution is -2.45. The van der Waals surface area contributed by atoms with Crippen LogP contribution >= 0.6 is 15.9 Å². The van der Waals surface area contributed by atoms with Gasteiger partial charge in [-0.1, -0.05) is 57.5 Å². The van der Waals surface area contributed by atoms with Crippen LogP contribution in [0.25, 0.3) is 11.4 Å². The highest BCUT2D eigenvalue weighted by molar-refractivity contribution is 9.10. The summed E-state index contributed by atoms with van der Waals surface area (Å²) in [4.78, 5) is 19.2. The number of carbonyl (C=O) groups is 1. The zero-order valence-electron chi connectivity index (χ0n) is 14.9. The molecule has 0 aliphatic rings. The largest absolute Gasteiger partial charge is 0.337 e.